The summed E-state index contributed by atoms with van der Waals surface area (Å²) in [5.41, 5.74) is -0.963. The van der Waals surface area contributed by atoms with Gasteiger partial charge in [-0.1, -0.05) is 35.9 Å². The van der Waals surface area contributed by atoms with Gasteiger partial charge in [0.15, 0.2) is 0 Å². The molecule has 0 bridgehead atoms. The maximum absolute atomic E-state index is 13.9. The summed E-state index contributed by atoms with van der Waals surface area (Å²) in [6.45, 7) is 11.6. The minimum absolute atomic E-state index is 0.0647. The fourth-order valence-electron chi connectivity index (χ4n) is 3.52. The Morgan fingerprint density at radius 1 is 0.750 bits per heavy atom. The molecule has 0 aromatic heterocycles. The Kier molecular flexibility index (Phi) is 8.74. The number of carbonyl (C=O) groups is 3. The zero-order valence-corrected chi connectivity index (χ0v) is 24.5. The minimum atomic E-state index is -4.29. The summed E-state index contributed by atoms with van der Waals surface area (Å²) < 4.78 is 38.6. The molecule has 0 atom stereocenters. The highest BCUT2D eigenvalue weighted by Crippen LogP contribution is 2.31. The molecule has 212 valence electrons. The van der Waals surface area contributed by atoms with Crippen LogP contribution in [0.15, 0.2) is 82.6 Å². The molecule has 3 aromatic carbocycles. The number of sulfone groups is 1. The van der Waals surface area contributed by atoms with Gasteiger partial charge in [0, 0.05) is 5.69 Å². The highest BCUT2D eigenvalue weighted by atomic mass is 32.2. The number of nitrogens with one attached hydrogen (secondary N) is 1. The van der Waals surface area contributed by atoms with Crippen molar-refractivity contribution in [1.29, 1.82) is 0 Å². The number of para-hydroxylation sites is 1. The fraction of sp³-hybridized carbons (Fsp3) is 0.300. The van der Waals surface area contributed by atoms with Crippen molar-refractivity contribution >= 4 is 39.3 Å². The molecule has 0 fully saturated rings. The van der Waals surface area contributed by atoms with Crippen molar-refractivity contribution in [2.75, 3.05) is 10.2 Å². The van der Waals surface area contributed by atoms with Crippen molar-refractivity contribution < 1.29 is 32.3 Å². The van der Waals surface area contributed by atoms with Crippen LogP contribution in [0.25, 0.3) is 0 Å². The zero-order chi connectivity index (χ0) is 29.9. The van der Waals surface area contributed by atoms with Gasteiger partial charge < -0.3 is 14.8 Å². The Bertz CT molecular complexity index is 1470. The Balaban J connectivity index is 2.21. The van der Waals surface area contributed by atoms with Crippen LogP contribution < -0.4 is 10.2 Å². The number of carbonyl (C=O) groups excluding carboxylic acids is 3. The number of imide groups is 1. The highest BCUT2D eigenvalue weighted by molar-refractivity contribution is 7.91. The van der Waals surface area contributed by atoms with Crippen molar-refractivity contribution in [3.8, 4) is 0 Å². The third-order valence-corrected chi connectivity index (χ3v) is 7.08. The van der Waals surface area contributed by atoms with Gasteiger partial charge in [0.2, 0.25) is 9.84 Å². The van der Waals surface area contributed by atoms with Gasteiger partial charge in [-0.25, -0.2) is 18.0 Å². The van der Waals surface area contributed by atoms with Crippen LogP contribution >= 0.6 is 0 Å². The number of hydrogen-bond donors (Lipinski definition) is 1. The van der Waals surface area contributed by atoms with E-state index in [1.165, 1.54) is 24.3 Å². The van der Waals surface area contributed by atoms with Crippen molar-refractivity contribution in [1.82, 2.24) is 0 Å². The molecule has 0 saturated carbocycles. The first-order chi connectivity index (χ1) is 18.5. The van der Waals surface area contributed by atoms with Gasteiger partial charge in [0.25, 0.3) is 5.91 Å². The first kappa shape index (κ1) is 30.4. The molecule has 3 rings (SSSR count). The predicted molar refractivity (Wildman–Crippen MR) is 152 cm³/mol. The van der Waals surface area contributed by atoms with E-state index in [0.29, 0.717) is 10.6 Å². The van der Waals surface area contributed by atoms with E-state index in [2.05, 4.69) is 5.32 Å². The van der Waals surface area contributed by atoms with E-state index in [4.69, 9.17) is 9.47 Å². The fourth-order valence-corrected chi connectivity index (χ4v) is 5.00. The Morgan fingerprint density at radius 2 is 1.27 bits per heavy atom. The molecule has 0 unspecified atom stereocenters. The van der Waals surface area contributed by atoms with E-state index in [-0.39, 0.29) is 16.1 Å². The van der Waals surface area contributed by atoms with E-state index in [9.17, 15) is 22.8 Å². The average Bonchev–Trinajstić information content (AvgIpc) is 2.82. The Morgan fingerprint density at radius 3 is 1.77 bits per heavy atom. The molecule has 0 spiro atoms. The van der Waals surface area contributed by atoms with Crippen LogP contribution in [-0.4, -0.2) is 37.7 Å². The third kappa shape index (κ3) is 7.69. The zero-order valence-electron chi connectivity index (χ0n) is 23.6. The van der Waals surface area contributed by atoms with E-state index < -0.39 is 44.0 Å². The number of anilines is 2. The smallest absolute Gasteiger partial charge is 0.424 e. The van der Waals surface area contributed by atoms with Gasteiger partial charge in [-0.05, 0) is 90.9 Å². The SMILES string of the molecule is Cc1ccc(S(=O)(=O)c2cc(N(C(=O)OC(C)(C)C)C(=O)OC(C)(C)C)ccc2C(=O)Nc2ccccc2)cc1. The lowest BCUT2D eigenvalue weighted by atomic mass is 10.1. The molecule has 0 saturated heterocycles. The van der Waals surface area contributed by atoms with Crippen molar-refractivity contribution in [2.45, 2.75) is 69.5 Å². The number of hydrogen-bond acceptors (Lipinski definition) is 7. The second-order valence-electron chi connectivity index (χ2n) is 11.1. The number of amides is 3. The average molecular weight is 567 g/mol. The quantitative estimate of drug-likeness (QED) is 0.362. The Labute approximate surface area is 235 Å². The van der Waals surface area contributed by atoms with E-state index in [1.54, 1.807) is 84.0 Å². The normalized spacial score (nSPS) is 11.9. The molecule has 3 amide bonds. The monoisotopic (exact) mass is 566 g/mol. The molecule has 0 heterocycles. The number of aryl methyl sites for hydroxylation is 1. The first-order valence-electron chi connectivity index (χ1n) is 12.6. The summed E-state index contributed by atoms with van der Waals surface area (Å²) in [6.07, 6.45) is -2.14. The lowest BCUT2D eigenvalue weighted by Crippen LogP contribution is -2.44. The number of benzene rings is 3. The van der Waals surface area contributed by atoms with Crippen LogP contribution in [0.3, 0.4) is 0 Å². The second kappa shape index (κ2) is 11.5. The molecular weight excluding hydrogens is 532 g/mol. The second-order valence-corrected chi connectivity index (χ2v) is 13.0. The van der Waals surface area contributed by atoms with Gasteiger partial charge in [0.1, 0.15) is 11.2 Å². The lowest BCUT2D eigenvalue weighted by Gasteiger charge is -2.29. The van der Waals surface area contributed by atoms with Gasteiger partial charge in [-0.2, -0.15) is 4.90 Å². The molecule has 0 aliphatic carbocycles. The summed E-state index contributed by atoms with van der Waals surface area (Å²) in [5, 5.41) is 2.69. The maximum Gasteiger partial charge on any atom is 0.424 e. The minimum Gasteiger partial charge on any atom is -0.443 e. The van der Waals surface area contributed by atoms with E-state index in [1.807, 2.05) is 6.92 Å². The van der Waals surface area contributed by atoms with Crippen molar-refractivity contribution in [3.63, 3.8) is 0 Å². The van der Waals surface area contributed by atoms with E-state index in [0.717, 1.165) is 11.6 Å². The summed E-state index contributed by atoms with van der Waals surface area (Å²) in [6, 6.07) is 18.3. The largest absolute Gasteiger partial charge is 0.443 e. The molecule has 40 heavy (non-hydrogen) atoms. The lowest BCUT2D eigenvalue weighted by molar-refractivity contribution is 0.0430. The summed E-state index contributed by atoms with van der Waals surface area (Å²) in [5.74, 6) is -0.690. The standard InChI is InChI=1S/C30H34N2O7S/c1-20-13-16-23(17-14-20)40(36,37)25-19-22(15-18-24(25)26(33)31-21-11-9-8-10-12-21)32(27(34)38-29(2,3)4)28(35)39-30(5,6)7/h8-19H,1-7H3,(H,31,33). The van der Waals surface area contributed by atoms with Gasteiger partial charge in [-0.3, -0.25) is 4.79 Å². The van der Waals surface area contributed by atoms with Crippen molar-refractivity contribution in [2.24, 2.45) is 0 Å². The van der Waals surface area contributed by atoms with Crippen LogP contribution in [0.1, 0.15) is 57.5 Å². The van der Waals surface area contributed by atoms with Gasteiger partial charge in [0.05, 0.1) is 21.0 Å². The maximum atomic E-state index is 13.9. The summed E-state index contributed by atoms with van der Waals surface area (Å²) >= 11 is 0. The van der Waals surface area contributed by atoms with Crippen LogP contribution in [0.2, 0.25) is 0 Å². The highest BCUT2D eigenvalue weighted by Gasteiger charge is 2.35. The van der Waals surface area contributed by atoms with Crippen molar-refractivity contribution in [3.05, 3.63) is 83.9 Å². The van der Waals surface area contributed by atoms with E-state index >= 15 is 0 Å². The predicted octanol–water partition coefficient (Wildman–Crippen LogP) is 6.76. The topological polar surface area (TPSA) is 119 Å². The van der Waals surface area contributed by atoms with Crippen LogP contribution in [0.4, 0.5) is 21.0 Å². The molecule has 10 heteroatoms. The molecule has 0 radical (unpaired) electrons. The summed E-state index contributed by atoms with van der Waals surface area (Å²) in [4.78, 5) is 39.8. The molecule has 0 aliphatic rings. The summed E-state index contributed by atoms with van der Waals surface area (Å²) in [7, 11) is -4.29. The van der Waals surface area contributed by atoms with Crippen LogP contribution in [0.5, 0.6) is 0 Å². The van der Waals surface area contributed by atoms with Gasteiger partial charge >= 0.3 is 12.2 Å². The van der Waals surface area contributed by atoms with Crippen LogP contribution in [-0.2, 0) is 19.3 Å². The molecular formula is C30H34N2O7S. The molecule has 0 aliphatic heterocycles. The number of rotatable bonds is 5. The number of ether oxygens (including phenoxy) is 2. The number of nitrogens with zero attached hydrogens (tertiary/aromatic N) is 1. The third-order valence-electron chi connectivity index (χ3n) is 5.27. The molecule has 9 nitrogen and oxygen atoms in total. The molecule has 1 N–H and O–H groups in total. The molecule has 3 aromatic rings. The Hall–Kier alpha value is -4.18. The van der Waals surface area contributed by atoms with Crippen LogP contribution in [0, 0.1) is 6.92 Å². The van der Waals surface area contributed by atoms with Gasteiger partial charge in [-0.15, -0.1) is 0 Å². The first-order valence-corrected chi connectivity index (χ1v) is 14.0.